The van der Waals surface area contributed by atoms with Gasteiger partial charge in [-0.3, -0.25) is 4.79 Å². The van der Waals surface area contributed by atoms with E-state index in [0.717, 1.165) is 6.07 Å². The molecule has 1 aromatic rings. The highest BCUT2D eigenvalue weighted by Crippen LogP contribution is 2.17. The zero-order valence-corrected chi connectivity index (χ0v) is 10.4. The summed E-state index contributed by atoms with van der Waals surface area (Å²) in [5, 5.41) is 8.69. The summed E-state index contributed by atoms with van der Waals surface area (Å²) in [5.41, 5.74) is 0.132. The third kappa shape index (κ3) is 4.30. The fraction of sp³-hybridized carbons (Fsp3) is 0.300. The lowest BCUT2D eigenvalue weighted by atomic mass is 10.2. The van der Waals surface area contributed by atoms with Crippen molar-refractivity contribution in [1.29, 1.82) is 0 Å². The maximum atomic E-state index is 12.3. The Morgan fingerprint density at radius 2 is 2.17 bits per heavy atom. The van der Waals surface area contributed by atoms with Crippen LogP contribution in [0.2, 0.25) is 0 Å². The molecular formula is C10H12FNO5S. The fourth-order valence-corrected chi connectivity index (χ4v) is 1.60. The molecule has 1 rings (SSSR count). The van der Waals surface area contributed by atoms with Crippen LogP contribution in [-0.2, 0) is 10.5 Å². The molecule has 0 aliphatic heterocycles. The number of aliphatic hydroxyl groups is 1. The molecule has 6 nitrogen and oxygen atoms in total. The standard InChI is InChI=1S/C10H12FNO5S/c1-12(5-6-13)10(14)8-3-2-4-9(7-8)17-18(11,15)16/h2-4,7,13H,5-6H2,1H3. The van der Waals surface area contributed by atoms with E-state index in [2.05, 4.69) is 4.18 Å². The first-order chi connectivity index (χ1) is 8.33. The van der Waals surface area contributed by atoms with Crippen molar-refractivity contribution in [2.45, 2.75) is 0 Å². The molecule has 0 aliphatic carbocycles. The number of aliphatic hydroxyl groups excluding tert-OH is 1. The van der Waals surface area contributed by atoms with E-state index in [1.165, 1.54) is 30.1 Å². The van der Waals surface area contributed by atoms with E-state index in [4.69, 9.17) is 5.11 Å². The van der Waals surface area contributed by atoms with Gasteiger partial charge in [0.1, 0.15) is 5.75 Å². The Kier molecular flexibility index (Phi) is 4.62. The Bertz CT molecular complexity index is 531. The summed E-state index contributed by atoms with van der Waals surface area (Å²) in [6, 6.07) is 5.10. The Morgan fingerprint density at radius 3 is 2.72 bits per heavy atom. The minimum absolute atomic E-state index is 0.130. The number of halogens is 1. The van der Waals surface area contributed by atoms with Crippen molar-refractivity contribution in [2.75, 3.05) is 20.2 Å². The van der Waals surface area contributed by atoms with Gasteiger partial charge < -0.3 is 14.2 Å². The number of amides is 1. The molecule has 0 heterocycles. The molecule has 0 aromatic heterocycles. The molecule has 1 N–H and O–H groups in total. The van der Waals surface area contributed by atoms with Gasteiger partial charge in [-0.05, 0) is 18.2 Å². The molecular weight excluding hydrogens is 265 g/mol. The Balaban J connectivity index is 2.91. The maximum absolute atomic E-state index is 12.3. The molecule has 1 aromatic carbocycles. The van der Waals surface area contributed by atoms with Gasteiger partial charge in [0.15, 0.2) is 0 Å². The Morgan fingerprint density at radius 1 is 1.50 bits per heavy atom. The molecule has 0 atom stereocenters. The van der Waals surface area contributed by atoms with E-state index in [1.807, 2.05) is 0 Å². The fourth-order valence-electron chi connectivity index (χ4n) is 1.27. The molecule has 0 saturated heterocycles. The lowest BCUT2D eigenvalue weighted by molar-refractivity contribution is 0.0766. The molecule has 1 amide bonds. The van der Waals surface area contributed by atoms with Crippen LogP contribution in [0, 0.1) is 0 Å². The third-order valence-corrected chi connectivity index (χ3v) is 2.45. The van der Waals surface area contributed by atoms with Crippen LogP contribution in [-0.4, -0.2) is 44.5 Å². The van der Waals surface area contributed by atoms with E-state index in [1.54, 1.807) is 0 Å². The van der Waals surface area contributed by atoms with E-state index in [0.29, 0.717) is 0 Å². The van der Waals surface area contributed by atoms with Crippen molar-refractivity contribution >= 4 is 16.4 Å². The van der Waals surface area contributed by atoms with E-state index < -0.39 is 16.4 Å². The van der Waals surface area contributed by atoms with Gasteiger partial charge in [0.2, 0.25) is 0 Å². The number of rotatable bonds is 5. The molecule has 0 aliphatic rings. The molecule has 18 heavy (non-hydrogen) atoms. The van der Waals surface area contributed by atoms with E-state index in [9.17, 15) is 17.1 Å². The van der Waals surface area contributed by atoms with Crippen LogP contribution < -0.4 is 4.18 Å². The van der Waals surface area contributed by atoms with Gasteiger partial charge in [0.25, 0.3) is 5.91 Å². The van der Waals surface area contributed by atoms with Crippen LogP contribution in [0.5, 0.6) is 5.75 Å². The van der Waals surface area contributed by atoms with Crippen molar-refractivity contribution < 1.29 is 26.4 Å². The third-order valence-electron chi connectivity index (χ3n) is 2.06. The zero-order valence-electron chi connectivity index (χ0n) is 9.54. The number of hydrogen-bond acceptors (Lipinski definition) is 5. The number of likely N-dealkylation sites (N-methyl/N-ethyl adjacent to an activating group) is 1. The van der Waals surface area contributed by atoms with Crippen molar-refractivity contribution in [3.8, 4) is 5.75 Å². The Labute approximate surface area is 104 Å². The van der Waals surface area contributed by atoms with Crippen LogP contribution in [0.25, 0.3) is 0 Å². The zero-order chi connectivity index (χ0) is 13.8. The number of nitrogens with zero attached hydrogens (tertiary/aromatic N) is 1. The highest BCUT2D eigenvalue weighted by Gasteiger charge is 2.14. The first-order valence-corrected chi connectivity index (χ1v) is 6.25. The minimum Gasteiger partial charge on any atom is -0.395 e. The van der Waals surface area contributed by atoms with Crippen LogP contribution in [0.4, 0.5) is 3.89 Å². The van der Waals surface area contributed by atoms with Gasteiger partial charge in [-0.15, -0.1) is 0 Å². The lowest BCUT2D eigenvalue weighted by Crippen LogP contribution is -2.29. The molecule has 100 valence electrons. The highest BCUT2D eigenvalue weighted by molar-refractivity contribution is 7.81. The summed E-state index contributed by atoms with van der Waals surface area (Å²) in [4.78, 5) is 13.0. The summed E-state index contributed by atoms with van der Waals surface area (Å²) in [5.74, 6) is -0.730. The lowest BCUT2D eigenvalue weighted by Gasteiger charge is -2.15. The maximum Gasteiger partial charge on any atom is 0.488 e. The normalized spacial score (nSPS) is 11.1. The highest BCUT2D eigenvalue weighted by atomic mass is 32.3. The Hall–Kier alpha value is -1.67. The van der Waals surface area contributed by atoms with Gasteiger partial charge in [-0.1, -0.05) is 9.95 Å². The topological polar surface area (TPSA) is 83.9 Å². The molecule has 0 saturated carbocycles. The van der Waals surface area contributed by atoms with Gasteiger partial charge >= 0.3 is 10.5 Å². The van der Waals surface area contributed by atoms with E-state index >= 15 is 0 Å². The van der Waals surface area contributed by atoms with Crippen LogP contribution in [0.3, 0.4) is 0 Å². The average Bonchev–Trinajstić information content (AvgIpc) is 2.26. The number of hydrogen-bond donors (Lipinski definition) is 1. The summed E-state index contributed by atoms with van der Waals surface area (Å²) in [6.45, 7) is -0.0668. The quantitative estimate of drug-likeness (QED) is 0.785. The number of carbonyl (C=O) groups excluding carboxylic acids is 1. The smallest absolute Gasteiger partial charge is 0.395 e. The summed E-state index contributed by atoms with van der Waals surface area (Å²) >= 11 is 0. The number of benzene rings is 1. The average molecular weight is 277 g/mol. The van der Waals surface area contributed by atoms with Crippen molar-refractivity contribution in [2.24, 2.45) is 0 Å². The SMILES string of the molecule is CN(CCO)C(=O)c1cccc(OS(=O)(=O)F)c1. The van der Waals surface area contributed by atoms with Gasteiger partial charge in [-0.2, -0.15) is 8.42 Å². The van der Waals surface area contributed by atoms with E-state index in [-0.39, 0.29) is 24.5 Å². The van der Waals surface area contributed by atoms with Crippen molar-refractivity contribution in [3.05, 3.63) is 29.8 Å². The second-order valence-electron chi connectivity index (χ2n) is 3.45. The molecule has 8 heteroatoms. The molecule has 0 fully saturated rings. The second kappa shape index (κ2) is 5.78. The van der Waals surface area contributed by atoms with Gasteiger partial charge in [0.05, 0.1) is 6.61 Å². The second-order valence-corrected chi connectivity index (χ2v) is 4.41. The first-order valence-electron chi connectivity index (χ1n) is 4.94. The van der Waals surface area contributed by atoms with Crippen LogP contribution >= 0.6 is 0 Å². The summed E-state index contributed by atoms with van der Waals surface area (Å²) in [7, 11) is -3.64. The number of carbonyl (C=O) groups is 1. The van der Waals surface area contributed by atoms with Crippen molar-refractivity contribution in [3.63, 3.8) is 0 Å². The predicted octanol–water partition coefficient (Wildman–Crippen LogP) is 0.344. The molecule has 0 radical (unpaired) electrons. The van der Waals surface area contributed by atoms with Crippen LogP contribution in [0.15, 0.2) is 24.3 Å². The minimum atomic E-state index is -5.12. The predicted molar refractivity (Wildman–Crippen MR) is 61.1 cm³/mol. The first kappa shape index (κ1) is 14.4. The molecule has 0 spiro atoms. The largest absolute Gasteiger partial charge is 0.488 e. The molecule has 0 unspecified atom stereocenters. The van der Waals surface area contributed by atoms with Gasteiger partial charge in [-0.25, -0.2) is 0 Å². The summed E-state index contributed by atoms with van der Waals surface area (Å²) in [6.07, 6.45) is 0. The summed E-state index contributed by atoms with van der Waals surface area (Å²) < 4.78 is 36.9. The van der Waals surface area contributed by atoms with Crippen LogP contribution in [0.1, 0.15) is 10.4 Å². The van der Waals surface area contributed by atoms with Gasteiger partial charge in [0, 0.05) is 19.2 Å². The van der Waals surface area contributed by atoms with Crippen molar-refractivity contribution in [1.82, 2.24) is 4.90 Å². The molecule has 0 bridgehead atoms. The monoisotopic (exact) mass is 277 g/mol.